The van der Waals surface area contributed by atoms with Crippen molar-refractivity contribution in [2.45, 2.75) is 0 Å². The lowest BCUT2D eigenvalue weighted by atomic mass is 10.1. The number of imidazole rings is 2. The Balaban J connectivity index is 1.91. The average Bonchev–Trinajstić information content (AvgIpc) is 3.32. The molecule has 5 heteroatoms. The van der Waals surface area contributed by atoms with E-state index in [-0.39, 0.29) is 0 Å². The zero-order valence-electron chi connectivity index (χ0n) is 13.1. The van der Waals surface area contributed by atoms with E-state index < -0.39 is 0 Å². The number of benzene rings is 2. The van der Waals surface area contributed by atoms with Gasteiger partial charge in [0.1, 0.15) is 18.0 Å². The van der Waals surface area contributed by atoms with Crippen LogP contribution in [0.4, 0.5) is 0 Å². The zero-order valence-corrected chi connectivity index (χ0v) is 13.1. The minimum Gasteiger partial charge on any atom is -0.338 e. The van der Waals surface area contributed by atoms with Crippen molar-refractivity contribution in [1.82, 2.24) is 24.1 Å². The fraction of sp³-hybridized carbons (Fsp3) is 0.0526. The van der Waals surface area contributed by atoms with Crippen LogP contribution in [0.25, 0.3) is 39.1 Å². The molecule has 0 saturated heterocycles. The molecule has 0 aliphatic rings. The molecule has 2 aromatic carbocycles. The van der Waals surface area contributed by atoms with Crippen LogP contribution in [0.2, 0.25) is 0 Å². The summed E-state index contributed by atoms with van der Waals surface area (Å²) in [5.41, 5.74) is 4.26. The van der Waals surface area contributed by atoms with Crippen LogP contribution in [-0.4, -0.2) is 24.1 Å². The molecule has 24 heavy (non-hydrogen) atoms. The monoisotopic (exact) mass is 313 g/mol. The Morgan fingerprint density at radius 2 is 1.83 bits per heavy atom. The quantitative estimate of drug-likeness (QED) is 0.537. The summed E-state index contributed by atoms with van der Waals surface area (Å²) in [5.74, 6) is 1.92. The molecule has 0 fully saturated rings. The second-order valence-corrected chi connectivity index (χ2v) is 5.85. The Kier molecular flexibility index (Phi) is 2.64. The van der Waals surface area contributed by atoms with Gasteiger partial charge in [0.05, 0.1) is 22.1 Å². The minimum absolute atomic E-state index is 0.872. The van der Waals surface area contributed by atoms with E-state index in [9.17, 15) is 0 Å². The van der Waals surface area contributed by atoms with Crippen molar-refractivity contribution in [2.24, 2.45) is 7.05 Å². The summed E-state index contributed by atoms with van der Waals surface area (Å²) < 4.78 is 4.21. The maximum absolute atomic E-state index is 4.81. The highest BCUT2D eigenvalue weighted by atomic mass is 15.2. The van der Waals surface area contributed by atoms with E-state index in [0.29, 0.717) is 0 Å². The molecule has 0 atom stereocenters. The van der Waals surface area contributed by atoms with E-state index in [2.05, 4.69) is 45.8 Å². The van der Waals surface area contributed by atoms with Gasteiger partial charge in [-0.2, -0.15) is 0 Å². The van der Waals surface area contributed by atoms with E-state index in [1.807, 2.05) is 41.4 Å². The van der Waals surface area contributed by atoms with E-state index in [1.54, 1.807) is 6.20 Å². The molecular weight excluding hydrogens is 298 g/mol. The molecule has 0 bridgehead atoms. The van der Waals surface area contributed by atoms with Crippen LogP contribution >= 0.6 is 0 Å². The number of nitrogens with one attached hydrogen (secondary N) is 1. The number of hydrogen-bond acceptors (Lipinski definition) is 2. The van der Waals surface area contributed by atoms with E-state index in [0.717, 1.165) is 33.8 Å². The van der Waals surface area contributed by atoms with E-state index >= 15 is 0 Å². The van der Waals surface area contributed by atoms with Gasteiger partial charge >= 0.3 is 0 Å². The first-order chi connectivity index (χ1) is 11.8. The number of aromatic nitrogens is 5. The van der Waals surface area contributed by atoms with Crippen molar-refractivity contribution in [3.8, 4) is 17.2 Å². The van der Waals surface area contributed by atoms with Gasteiger partial charge in [0.2, 0.25) is 0 Å². The van der Waals surface area contributed by atoms with Crippen LogP contribution in [0.1, 0.15) is 0 Å². The number of rotatable bonds is 2. The molecule has 5 nitrogen and oxygen atoms in total. The van der Waals surface area contributed by atoms with Gasteiger partial charge in [0.15, 0.2) is 0 Å². The Morgan fingerprint density at radius 1 is 1.00 bits per heavy atom. The highest BCUT2D eigenvalue weighted by Crippen LogP contribution is 2.35. The van der Waals surface area contributed by atoms with Crippen molar-refractivity contribution in [3.05, 3.63) is 67.3 Å². The fourth-order valence-corrected chi connectivity index (χ4v) is 3.37. The second-order valence-electron chi connectivity index (χ2n) is 5.85. The Labute approximate surface area is 138 Å². The lowest BCUT2D eigenvalue weighted by Gasteiger charge is -2.07. The normalized spacial score (nSPS) is 11.5. The summed E-state index contributed by atoms with van der Waals surface area (Å²) in [6.45, 7) is 0. The van der Waals surface area contributed by atoms with Crippen molar-refractivity contribution in [2.75, 3.05) is 0 Å². The van der Waals surface area contributed by atoms with Gasteiger partial charge in [-0.25, -0.2) is 9.97 Å². The maximum Gasteiger partial charge on any atom is 0.142 e. The van der Waals surface area contributed by atoms with E-state index in [1.165, 1.54) is 5.39 Å². The molecule has 0 amide bonds. The predicted molar refractivity (Wildman–Crippen MR) is 95.1 cm³/mol. The van der Waals surface area contributed by atoms with Gasteiger partial charge in [-0.1, -0.05) is 30.3 Å². The molecule has 5 rings (SSSR count). The summed E-state index contributed by atoms with van der Waals surface area (Å²) in [4.78, 5) is 12.5. The van der Waals surface area contributed by atoms with Gasteiger partial charge in [0.25, 0.3) is 0 Å². The highest BCUT2D eigenvalue weighted by Gasteiger charge is 2.20. The molecule has 0 aliphatic heterocycles. The number of nitrogens with zero attached hydrogens (tertiary/aromatic N) is 4. The number of hydrogen-bond donors (Lipinski definition) is 1. The first-order valence-electron chi connectivity index (χ1n) is 7.84. The minimum atomic E-state index is 0.872. The highest BCUT2D eigenvalue weighted by molar-refractivity contribution is 6.00. The van der Waals surface area contributed by atoms with Gasteiger partial charge < -0.3 is 9.55 Å². The Hall–Kier alpha value is -3.34. The zero-order chi connectivity index (χ0) is 16.1. The lowest BCUT2D eigenvalue weighted by Crippen LogP contribution is -2.01. The predicted octanol–water partition coefficient (Wildman–Crippen LogP) is 3.91. The summed E-state index contributed by atoms with van der Waals surface area (Å²) in [7, 11) is 2.07. The molecule has 5 aromatic rings. The van der Waals surface area contributed by atoms with Crippen molar-refractivity contribution < 1.29 is 0 Å². The van der Waals surface area contributed by atoms with Crippen LogP contribution in [0.15, 0.2) is 67.3 Å². The smallest absolute Gasteiger partial charge is 0.142 e. The molecule has 0 spiro atoms. The summed E-state index contributed by atoms with van der Waals surface area (Å²) in [5, 5.41) is 1.17. The SMILES string of the molecule is Cn1c(-n2ccnc2)c(-c2nc3ccccc3[nH]2)c2ccccc21. The molecule has 0 saturated carbocycles. The third-order valence-corrected chi connectivity index (χ3v) is 4.45. The first kappa shape index (κ1) is 13.1. The summed E-state index contributed by atoms with van der Waals surface area (Å²) >= 11 is 0. The molecule has 3 heterocycles. The van der Waals surface area contributed by atoms with Gasteiger partial charge in [-0.05, 0) is 18.2 Å². The molecule has 0 radical (unpaired) electrons. The summed E-state index contributed by atoms with van der Waals surface area (Å²) in [6.07, 6.45) is 5.57. The Bertz CT molecular complexity index is 1130. The molecule has 1 N–H and O–H groups in total. The molecule has 3 aromatic heterocycles. The molecular formula is C19H15N5. The summed E-state index contributed by atoms with van der Waals surface area (Å²) in [6, 6.07) is 16.5. The molecule has 0 aliphatic carbocycles. The van der Waals surface area contributed by atoms with Gasteiger partial charge in [-0.15, -0.1) is 0 Å². The third-order valence-electron chi connectivity index (χ3n) is 4.45. The fourth-order valence-electron chi connectivity index (χ4n) is 3.37. The van der Waals surface area contributed by atoms with Crippen molar-refractivity contribution in [1.29, 1.82) is 0 Å². The van der Waals surface area contributed by atoms with Crippen LogP contribution < -0.4 is 0 Å². The van der Waals surface area contributed by atoms with Crippen LogP contribution in [0.5, 0.6) is 0 Å². The Morgan fingerprint density at radius 3 is 2.67 bits per heavy atom. The standard InChI is InChI=1S/C19H15N5/c1-23-16-9-5-2-6-13(16)17(19(23)24-11-10-20-12-24)18-21-14-7-3-4-8-15(14)22-18/h2-12H,1H3,(H,21,22). The third kappa shape index (κ3) is 1.75. The largest absolute Gasteiger partial charge is 0.338 e. The number of fused-ring (bicyclic) bond motifs is 2. The second kappa shape index (κ2) is 4.83. The van der Waals surface area contributed by atoms with Crippen molar-refractivity contribution >= 4 is 21.9 Å². The maximum atomic E-state index is 4.81. The van der Waals surface area contributed by atoms with Crippen LogP contribution in [-0.2, 0) is 7.05 Å². The van der Waals surface area contributed by atoms with Crippen LogP contribution in [0.3, 0.4) is 0 Å². The average molecular weight is 313 g/mol. The number of aryl methyl sites for hydroxylation is 1. The van der Waals surface area contributed by atoms with Gasteiger partial charge in [-0.3, -0.25) is 4.57 Å². The topological polar surface area (TPSA) is 51.4 Å². The number of para-hydroxylation sites is 3. The number of aromatic amines is 1. The molecule has 116 valence electrons. The molecule has 0 unspecified atom stereocenters. The number of H-pyrrole nitrogens is 1. The first-order valence-corrected chi connectivity index (χ1v) is 7.84. The lowest BCUT2D eigenvalue weighted by molar-refractivity contribution is 0.868. The van der Waals surface area contributed by atoms with Gasteiger partial charge in [0, 0.05) is 24.8 Å². The van der Waals surface area contributed by atoms with Crippen molar-refractivity contribution in [3.63, 3.8) is 0 Å². The van der Waals surface area contributed by atoms with Crippen LogP contribution in [0, 0.1) is 0 Å². The van der Waals surface area contributed by atoms with E-state index in [4.69, 9.17) is 4.98 Å².